The number of imide groups is 1. The van der Waals surface area contributed by atoms with Gasteiger partial charge in [0.2, 0.25) is 0 Å². The summed E-state index contributed by atoms with van der Waals surface area (Å²) in [6.07, 6.45) is 0. The number of amides is 3. The lowest BCUT2D eigenvalue weighted by Gasteiger charge is -2.19. The van der Waals surface area contributed by atoms with Gasteiger partial charge in [0.1, 0.15) is 6.04 Å². The van der Waals surface area contributed by atoms with E-state index in [4.69, 9.17) is 5.73 Å². The van der Waals surface area contributed by atoms with Crippen LogP contribution in [-0.2, 0) is 4.79 Å². The molecule has 2 aromatic rings. The average Bonchev–Trinajstić information content (AvgIpc) is 3.06. The van der Waals surface area contributed by atoms with E-state index in [-0.39, 0.29) is 11.9 Å². The highest BCUT2D eigenvalue weighted by Crippen LogP contribution is 2.24. The lowest BCUT2D eigenvalue weighted by Crippen LogP contribution is -2.92. The second-order valence-electron chi connectivity index (χ2n) is 6.15. The summed E-state index contributed by atoms with van der Waals surface area (Å²) >= 11 is 1.65. The van der Waals surface area contributed by atoms with Crippen molar-refractivity contribution in [2.45, 2.75) is 38.8 Å². The van der Waals surface area contributed by atoms with Crippen molar-refractivity contribution in [3.63, 3.8) is 0 Å². The molecule has 5 N–H and O–H groups in total. The summed E-state index contributed by atoms with van der Waals surface area (Å²) in [7, 11) is 0. The van der Waals surface area contributed by atoms with E-state index in [1.54, 1.807) is 18.3 Å². The first-order chi connectivity index (χ1) is 11.4. The molecule has 128 valence electrons. The van der Waals surface area contributed by atoms with Crippen molar-refractivity contribution in [1.29, 1.82) is 0 Å². The molecule has 3 amide bonds. The maximum Gasteiger partial charge on any atom is 0.319 e. The number of carbonyl (C=O) groups is 2. The monoisotopic (exact) mass is 346 g/mol. The first-order valence-corrected chi connectivity index (χ1v) is 8.85. The molecule has 0 radical (unpaired) electrons. The first-order valence-electron chi connectivity index (χ1n) is 7.97. The predicted molar refractivity (Wildman–Crippen MR) is 95.8 cm³/mol. The number of primary amides is 1. The van der Waals surface area contributed by atoms with Crippen LogP contribution in [0.5, 0.6) is 0 Å². The molecule has 0 bridgehead atoms. The second kappa shape index (κ2) is 8.08. The van der Waals surface area contributed by atoms with Crippen molar-refractivity contribution < 1.29 is 14.9 Å². The zero-order valence-corrected chi connectivity index (χ0v) is 15.0. The van der Waals surface area contributed by atoms with Gasteiger partial charge in [-0.25, -0.2) is 4.79 Å². The number of carbonyl (C=O) groups excluding carboxylic acids is 2. The Morgan fingerprint density at radius 3 is 2.21 bits per heavy atom. The fourth-order valence-electron chi connectivity index (χ4n) is 2.54. The largest absolute Gasteiger partial charge is 0.351 e. The number of thiophene rings is 1. The summed E-state index contributed by atoms with van der Waals surface area (Å²) in [6, 6.07) is 11.3. The van der Waals surface area contributed by atoms with Gasteiger partial charge in [0, 0.05) is 5.56 Å². The third kappa shape index (κ3) is 4.66. The van der Waals surface area contributed by atoms with E-state index < -0.39 is 12.1 Å². The van der Waals surface area contributed by atoms with Crippen LogP contribution in [0.25, 0.3) is 0 Å². The molecule has 24 heavy (non-hydrogen) atoms. The van der Waals surface area contributed by atoms with Crippen LogP contribution in [0.2, 0.25) is 0 Å². The lowest BCUT2D eigenvalue weighted by atomic mass is 9.98. The highest BCUT2D eigenvalue weighted by Gasteiger charge is 2.26. The Balaban J connectivity index is 2.22. The molecule has 0 aliphatic heterocycles. The van der Waals surface area contributed by atoms with Gasteiger partial charge in [-0.1, -0.05) is 44.2 Å². The normalized spacial score (nSPS) is 13.5. The van der Waals surface area contributed by atoms with Gasteiger partial charge in [0.15, 0.2) is 6.04 Å². The molecule has 5 nitrogen and oxygen atoms in total. The van der Waals surface area contributed by atoms with Gasteiger partial charge in [-0.2, -0.15) is 0 Å². The molecule has 0 fully saturated rings. The summed E-state index contributed by atoms with van der Waals surface area (Å²) < 4.78 is 0. The predicted octanol–water partition coefficient (Wildman–Crippen LogP) is 2.11. The summed E-state index contributed by atoms with van der Waals surface area (Å²) in [5.74, 6) is 0.0892. The van der Waals surface area contributed by atoms with Gasteiger partial charge >= 0.3 is 6.03 Å². The molecule has 1 aromatic heterocycles. The number of hydrogen-bond donors (Lipinski definition) is 3. The van der Waals surface area contributed by atoms with E-state index in [0.717, 1.165) is 10.4 Å². The number of rotatable bonds is 6. The number of hydrogen-bond acceptors (Lipinski definition) is 3. The molecule has 2 rings (SSSR count). The van der Waals surface area contributed by atoms with E-state index in [1.807, 2.05) is 16.8 Å². The molecule has 0 saturated heterocycles. The lowest BCUT2D eigenvalue weighted by molar-refractivity contribution is -0.704. The molecule has 0 aliphatic carbocycles. The summed E-state index contributed by atoms with van der Waals surface area (Å²) in [5.41, 5.74) is 7.44. The maximum atomic E-state index is 12.0. The molecule has 0 unspecified atom stereocenters. The fourth-order valence-corrected chi connectivity index (χ4v) is 3.37. The third-order valence-electron chi connectivity index (χ3n) is 3.95. The third-order valence-corrected chi connectivity index (χ3v) is 4.91. The minimum absolute atomic E-state index is 0.000149. The molecule has 2 atom stereocenters. The number of quaternary nitrogens is 1. The Morgan fingerprint density at radius 1 is 1.08 bits per heavy atom. The molecule has 6 heteroatoms. The van der Waals surface area contributed by atoms with Crippen molar-refractivity contribution in [2.24, 2.45) is 5.73 Å². The maximum absolute atomic E-state index is 12.0. The average molecular weight is 346 g/mol. The minimum Gasteiger partial charge on any atom is -0.351 e. The summed E-state index contributed by atoms with van der Waals surface area (Å²) in [5, 5.41) is 6.11. The summed E-state index contributed by atoms with van der Waals surface area (Å²) in [6.45, 7) is 6.09. The van der Waals surface area contributed by atoms with Crippen LogP contribution in [0, 0.1) is 0 Å². The van der Waals surface area contributed by atoms with E-state index in [1.165, 1.54) is 5.56 Å². The zero-order valence-electron chi connectivity index (χ0n) is 14.2. The quantitative estimate of drug-likeness (QED) is 0.748. The van der Waals surface area contributed by atoms with E-state index in [0.29, 0.717) is 5.92 Å². The highest BCUT2D eigenvalue weighted by atomic mass is 32.1. The van der Waals surface area contributed by atoms with E-state index in [2.05, 4.69) is 49.5 Å². The van der Waals surface area contributed by atoms with Gasteiger partial charge in [-0.15, -0.1) is 11.3 Å². The van der Waals surface area contributed by atoms with Gasteiger partial charge < -0.3 is 11.1 Å². The van der Waals surface area contributed by atoms with Crippen LogP contribution in [0.4, 0.5) is 4.79 Å². The molecule has 1 aromatic carbocycles. The molecule has 0 spiro atoms. The van der Waals surface area contributed by atoms with Crippen LogP contribution in [-0.4, -0.2) is 18.0 Å². The Morgan fingerprint density at radius 2 is 1.71 bits per heavy atom. The topological polar surface area (TPSA) is 88.8 Å². The standard InChI is InChI=1S/C18H23N3O2S/c1-11(2)13-6-8-14(9-7-13)16(15-5-4-10-24-15)20-12(3)17(22)21-18(19)23/h4-12,16,20H,1-3H3,(H3,19,21,22,23)/p+1/t12-,16-/m1/s1. The van der Waals surface area contributed by atoms with Crippen LogP contribution >= 0.6 is 11.3 Å². The Kier molecular flexibility index (Phi) is 6.11. The fraction of sp³-hybridized carbons (Fsp3) is 0.333. The molecule has 0 aliphatic rings. The van der Waals surface area contributed by atoms with Gasteiger partial charge in [0.05, 0.1) is 4.88 Å². The van der Waals surface area contributed by atoms with E-state index >= 15 is 0 Å². The second-order valence-corrected chi connectivity index (χ2v) is 7.13. The smallest absolute Gasteiger partial charge is 0.319 e. The SMILES string of the molecule is CC(C)c1ccc([C@@H]([NH2+][C@H](C)C(=O)NC(N)=O)c2cccs2)cc1. The molecule has 1 heterocycles. The zero-order chi connectivity index (χ0) is 17.7. The molecular formula is C18H24N3O2S+. The van der Waals surface area contributed by atoms with Gasteiger partial charge in [-0.05, 0) is 29.9 Å². The number of nitrogens with two attached hydrogens (primary N) is 2. The number of benzene rings is 1. The van der Waals surface area contributed by atoms with Crippen LogP contribution in [0.15, 0.2) is 41.8 Å². The minimum atomic E-state index is -0.825. The Hall–Kier alpha value is -2.18. The number of nitrogens with one attached hydrogen (secondary N) is 1. The van der Waals surface area contributed by atoms with Crippen LogP contribution < -0.4 is 16.4 Å². The first kappa shape index (κ1) is 18.2. The van der Waals surface area contributed by atoms with Crippen molar-refractivity contribution in [2.75, 3.05) is 0 Å². The highest BCUT2D eigenvalue weighted by molar-refractivity contribution is 7.10. The Labute approximate surface area is 146 Å². The van der Waals surface area contributed by atoms with Gasteiger partial charge in [-0.3, -0.25) is 10.1 Å². The van der Waals surface area contributed by atoms with Crippen LogP contribution in [0.3, 0.4) is 0 Å². The number of urea groups is 1. The molecular weight excluding hydrogens is 322 g/mol. The van der Waals surface area contributed by atoms with Crippen LogP contribution in [0.1, 0.15) is 48.7 Å². The van der Waals surface area contributed by atoms with Crippen molar-refractivity contribution in [1.82, 2.24) is 5.32 Å². The van der Waals surface area contributed by atoms with Crippen molar-refractivity contribution >= 4 is 23.3 Å². The van der Waals surface area contributed by atoms with Gasteiger partial charge in [0.25, 0.3) is 5.91 Å². The Bertz CT molecular complexity index is 681. The summed E-state index contributed by atoms with van der Waals surface area (Å²) in [4.78, 5) is 24.0. The van der Waals surface area contributed by atoms with E-state index in [9.17, 15) is 9.59 Å². The van der Waals surface area contributed by atoms with Crippen molar-refractivity contribution in [3.8, 4) is 0 Å². The van der Waals surface area contributed by atoms with Crippen molar-refractivity contribution in [3.05, 3.63) is 57.8 Å². The molecule has 0 saturated carbocycles.